The molecule has 200 valence electrons. The molecule has 3 aliphatic heterocycles. The van der Waals surface area contributed by atoms with E-state index in [0.717, 1.165) is 24.0 Å². The molecule has 5 aromatic rings. The Bertz CT molecular complexity index is 1850. The van der Waals surface area contributed by atoms with Crippen LogP contribution in [0.5, 0.6) is 0 Å². The minimum atomic E-state index is -1.04. The number of nitrogens with one attached hydrogen (secondary N) is 2. The Morgan fingerprint density at radius 2 is 1.57 bits per heavy atom. The molecule has 4 heterocycles. The summed E-state index contributed by atoms with van der Waals surface area (Å²) in [6, 6.07) is 28.2. The molecule has 4 aromatic carbocycles. The van der Waals surface area contributed by atoms with Gasteiger partial charge in [-0.05, 0) is 94.5 Å². The molecule has 8 rings (SSSR count). The quantitative estimate of drug-likeness (QED) is 0.224. The maximum atomic E-state index is 5.15. The predicted octanol–water partition coefficient (Wildman–Crippen LogP) is 8.67. The highest BCUT2D eigenvalue weighted by atomic mass is 28.3. The smallest absolute Gasteiger partial charge is 0.110 e. The number of aromatic amines is 1. The zero-order valence-corrected chi connectivity index (χ0v) is 24.4. The summed E-state index contributed by atoms with van der Waals surface area (Å²) in [5.74, 6) is 1.80. The summed E-state index contributed by atoms with van der Waals surface area (Å²) in [5, 5.41) is 8.63. The molecule has 1 aromatic heterocycles. The lowest BCUT2D eigenvalue weighted by atomic mass is 9.95. The highest BCUT2D eigenvalue weighted by Gasteiger charge is 2.35. The molecule has 0 aliphatic carbocycles. The lowest BCUT2D eigenvalue weighted by Gasteiger charge is -2.13. The van der Waals surface area contributed by atoms with E-state index >= 15 is 0 Å². The highest BCUT2D eigenvalue weighted by molar-refractivity contribution is 6.78. The van der Waals surface area contributed by atoms with Crippen molar-refractivity contribution in [2.24, 2.45) is 4.99 Å². The number of H-pyrrole nitrogens is 1. The van der Waals surface area contributed by atoms with Gasteiger partial charge in [0, 0.05) is 43.8 Å². The van der Waals surface area contributed by atoms with E-state index in [2.05, 4.69) is 96.3 Å². The fraction of sp³-hybridized carbons (Fsp3) is 0.314. The molecule has 40 heavy (non-hydrogen) atoms. The minimum Gasteiger partial charge on any atom is -0.342 e. The first-order chi connectivity index (χ1) is 19.5. The minimum absolute atomic E-state index is 0.464. The number of hydrogen-bond donors (Lipinski definition) is 2. The molecule has 2 saturated heterocycles. The second-order valence-electron chi connectivity index (χ2n) is 13.0. The van der Waals surface area contributed by atoms with Crippen LogP contribution in [0.1, 0.15) is 43.0 Å². The van der Waals surface area contributed by atoms with Gasteiger partial charge in [0.25, 0.3) is 0 Å². The molecule has 2 atom stereocenters. The van der Waals surface area contributed by atoms with Crippen molar-refractivity contribution in [2.45, 2.75) is 62.8 Å². The number of aliphatic imine (C=N–C) groups is 1. The number of nitrogens with zero attached hydrogens (tertiary/aromatic N) is 2. The fourth-order valence-corrected chi connectivity index (χ4v) is 10.4. The lowest BCUT2D eigenvalue weighted by Crippen LogP contribution is -2.29. The van der Waals surface area contributed by atoms with Crippen LogP contribution in [-0.4, -0.2) is 36.3 Å². The maximum Gasteiger partial charge on any atom is 0.110 e. The average molecular weight is 541 g/mol. The number of allylic oxidation sites excluding steroid dienone is 1. The van der Waals surface area contributed by atoms with Crippen LogP contribution in [-0.2, 0) is 0 Å². The molecule has 2 fully saturated rings. The van der Waals surface area contributed by atoms with Gasteiger partial charge in [0.2, 0.25) is 0 Å². The third kappa shape index (κ3) is 4.23. The van der Waals surface area contributed by atoms with Crippen molar-refractivity contribution >= 4 is 51.9 Å². The first-order valence-corrected chi connectivity index (χ1v) is 18.4. The van der Waals surface area contributed by atoms with E-state index in [1.807, 2.05) is 0 Å². The lowest BCUT2D eigenvalue weighted by molar-refractivity contribution is 0.723. The SMILES string of the molecule is C[Si]1(C)CC[C@H](c2nc3c(ccc4cc(-c5ccc6cc(C7=CN=C([C@@H]8CCCN8)C7)ccc6c5)ccc43)[nH]2)C1. The fourth-order valence-electron chi connectivity index (χ4n) is 7.29. The summed E-state index contributed by atoms with van der Waals surface area (Å²) in [4.78, 5) is 13.6. The molecule has 5 heteroatoms. The van der Waals surface area contributed by atoms with Crippen molar-refractivity contribution in [3.63, 3.8) is 0 Å². The number of benzene rings is 4. The Morgan fingerprint density at radius 1 is 0.825 bits per heavy atom. The molecule has 0 unspecified atom stereocenters. The molecule has 2 N–H and O–H groups in total. The van der Waals surface area contributed by atoms with Gasteiger partial charge in [-0.15, -0.1) is 0 Å². The first kappa shape index (κ1) is 24.3. The third-order valence-electron chi connectivity index (χ3n) is 9.61. The molecule has 0 bridgehead atoms. The molecule has 0 radical (unpaired) electrons. The Morgan fingerprint density at radius 3 is 2.35 bits per heavy atom. The van der Waals surface area contributed by atoms with Crippen LogP contribution in [0.3, 0.4) is 0 Å². The Hall–Kier alpha value is -3.54. The van der Waals surface area contributed by atoms with Crippen LogP contribution in [0.15, 0.2) is 77.9 Å². The summed E-state index contributed by atoms with van der Waals surface area (Å²) in [7, 11) is -1.04. The average Bonchev–Trinajstić information content (AvgIpc) is 3.78. The van der Waals surface area contributed by atoms with Crippen LogP contribution >= 0.6 is 0 Å². The van der Waals surface area contributed by atoms with Crippen molar-refractivity contribution in [2.75, 3.05) is 6.54 Å². The van der Waals surface area contributed by atoms with Gasteiger partial charge in [0.15, 0.2) is 0 Å². The van der Waals surface area contributed by atoms with Gasteiger partial charge in [-0.1, -0.05) is 61.6 Å². The first-order valence-electron chi connectivity index (χ1n) is 15.0. The van der Waals surface area contributed by atoms with Crippen LogP contribution in [0.4, 0.5) is 0 Å². The molecular weight excluding hydrogens is 504 g/mol. The summed E-state index contributed by atoms with van der Waals surface area (Å²) < 4.78 is 0. The maximum absolute atomic E-state index is 5.15. The molecule has 4 nitrogen and oxygen atoms in total. The Balaban J connectivity index is 1.07. The number of rotatable bonds is 4. The van der Waals surface area contributed by atoms with Crippen LogP contribution in [0.2, 0.25) is 25.2 Å². The second kappa shape index (κ2) is 9.25. The molecule has 3 aliphatic rings. The van der Waals surface area contributed by atoms with E-state index < -0.39 is 8.07 Å². The molecular formula is C35H36N4Si. The number of hydrogen-bond acceptors (Lipinski definition) is 3. The van der Waals surface area contributed by atoms with E-state index in [4.69, 9.17) is 9.98 Å². The van der Waals surface area contributed by atoms with E-state index in [9.17, 15) is 0 Å². The van der Waals surface area contributed by atoms with Gasteiger partial charge >= 0.3 is 0 Å². The summed E-state index contributed by atoms with van der Waals surface area (Å²) >= 11 is 0. The number of imidazole rings is 1. The molecule has 0 saturated carbocycles. The monoisotopic (exact) mass is 540 g/mol. The number of fused-ring (bicyclic) bond motifs is 4. The molecule has 0 amide bonds. The van der Waals surface area contributed by atoms with Crippen molar-refractivity contribution in [1.29, 1.82) is 0 Å². The third-order valence-corrected chi connectivity index (χ3v) is 12.8. The zero-order valence-electron chi connectivity index (χ0n) is 23.4. The van der Waals surface area contributed by atoms with Gasteiger partial charge < -0.3 is 10.3 Å². The van der Waals surface area contributed by atoms with E-state index in [0.29, 0.717) is 12.0 Å². The van der Waals surface area contributed by atoms with Crippen LogP contribution < -0.4 is 5.32 Å². The van der Waals surface area contributed by atoms with Gasteiger partial charge in [-0.3, -0.25) is 4.99 Å². The highest BCUT2D eigenvalue weighted by Crippen LogP contribution is 2.41. The van der Waals surface area contributed by atoms with E-state index in [1.165, 1.54) is 86.7 Å². The van der Waals surface area contributed by atoms with Crippen molar-refractivity contribution in [1.82, 2.24) is 15.3 Å². The zero-order chi connectivity index (χ0) is 26.8. The summed E-state index contributed by atoms with van der Waals surface area (Å²) in [6.45, 7) is 6.15. The van der Waals surface area contributed by atoms with Gasteiger partial charge in [0.05, 0.1) is 11.0 Å². The normalized spacial score (nSPS) is 22.4. The largest absolute Gasteiger partial charge is 0.342 e. The Labute approximate surface area is 236 Å². The van der Waals surface area contributed by atoms with Crippen molar-refractivity contribution < 1.29 is 0 Å². The summed E-state index contributed by atoms with van der Waals surface area (Å²) in [5.41, 5.74) is 8.70. The predicted molar refractivity (Wildman–Crippen MR) is 172 cm³/mol. The summed E-state index contributed by atoms with van der Waals surface area (Å²) in [6.07, 6.45) is 6.79. The molecule has 0 spiro atoms. The standard InChI is InChI=1S/C35H36N4Si/c1-40(2)15-13-28(21-40)35-38-32-12-10-27-18-25(9-11-30(27)34(32)39-35)23-5-6-24-17-26(8-7-22(24)16-23)29-19-33(37-20-29)31-4-3-14-36-31/h5-12,16-18,20,28,31,36H,3-4,13-15,19,21H2,1-2H3,(H,38,39)/t28-,31-/m0/s1. The van der Waals surface area contributed by atoms with Gasteiger partial charge in [-0.25, -0.2) is 4.98 Å². The van der Waals surface area contributed by atoms with Gasteiger partial charge in [-0.2, -0.15) is 0 Å². The number of aromatic nitrogens is 2. The van der Waals surface area contributed by atoms with Gasteiger partial charge in [0.1, 0.15) is 5.82 Å². The topological polar surface area (TPSA) is 53.1 Å². The Kier molecular flexibility index (Phi) is 5.61. The second-order valence-corrected chi connectivity index (χ2v) is 18.2. The van der Waals surface area contributed by atoms with Crippen LogP contribution in [0.25, 0.3) is 49.3 Å². The van der Waals surface area contributed by atoms with Crippen molar-refractivity contribution in [3.05, 3.63) is 84.3 Å². The van der Waals surface area contributed by atoms with Crippen LogP contribution in [0, 0.1) is 0 Å². The van der Waals surface area contributed by atoms with Crippen molar-refractivity contribution in [3.8, 4) is 11.1 Å². The van der Waals surface area contributed by atoms with E-state index in [1.54, 1.807) is 0 Å². The van der Waals surface area contributed by atoms with E-state index in [-0.39, 0.29) is 0 Å².